The Morgan fingerprint density at radius 1 is 1.19 bits per heavy atom. The summed E-state index contributed by atoms with van der Waals surface area (Å²) in [7, 11) is 0. The lowest BCUT2D eigenvalue weighted by atomic mass is 10.2. The lowest BCUT2D eigenvalue weighted by molar-refractivity contribution is 0.0697. The van der Waals surface area contributed by atoms with Crippen molar-refractivity contribution in [1.82, 2.24) is 4.98 Å². The van der Waals surface area contributed by atoms with E-state index in [1.807, 2.05) is 11.6 Å². The minimum Gasteiger partial charge on any atom is -0.478 e. The number of carbonyl (C=O) groups is 1. The summed E-state index contributed by atoms with van der Waals surface area (Å²) in [5, 5.41) is 13.5. The molecule has 0 aliphatic rings. The van der Waals surface area contributed by atoms with Gasteiger partial charge < -0.3 is 5.11 Å². The van der Waals surface area contributed by atoms with Crippen molar-refractivity contribution in [2.45, 2.75) is 4.90 Å². The molecule has 3 aromatic rings. The van der Waals surface area contributed by atoms with E-state index < -0.39 is 5.97 Å². The molecular weight excluding hydrogens is 322 g/mol. The van der Waals surface area contributed by atoms with Gasteiger partial charge in [0.2, 0.25) is 0 Å². The number of hydrogen-bond acceptors (Lipinski definition) is 5. The molecule has 0 bridgehead atoms. The van der Waals surface area contributed by atoms with Gasteiger partial charge in [0.15, 0.2) is 0 Å². The maximum atomic E-state index is 10.9. The van der Waals surface area contributed by atoms with Gasteiger partial charge in [-0.05, 0) is 24.5 Å². The third-order valence-corrected chi connectivity index (χ3v) is 5.53. The lowest BCUT2D eigenvalue weighted by Crippen LogP contribution is -1.91. The van der Waals surface area contributed by atoms with Gasteiger partial charge in [0.1, 0.15) is 5.01 Å². The highest BCUT2D eigenvalue weighted by Gasteiger charge is 2.11. The number of thiazole rings is 1. The van der Waals surface area contributed by atoms with Crippen LogP contribution in [0.5, 0.6) is 0 Å². The minimum absolute atomic E-state index is 0.314. The lowest BCUT2D eigenvalue weighted by Gasteiger charge is -1.98. The monoisotopic (exact) mass is 333 g/mol. The van der Waals surface area contributed by atoms with Crippen molar-refractivity contribution < 1.29 is 9.90 Å². The quantitative estimate of drug-likeness (QED) is 0.686. The Balaban J connectivity index is 1.89. The van der Waals surface area contributed by atoms with Gasteiger partial charge in [-0.2, -0.15) is 0 Å². The number of rotatable bonds is 4. The average Bonchev–Trinajstić information content (AvgIpc) is 3.16. The van der Waals surface area contributed by atoms with Crippen LogP contribution in [0, 0.1) is 0 Å². The zero-order valence-electron chi connectivity index (χ0n) is 11.1. The third kappa shape index (κ3) is 3.02. The maximum Gasteiger partial charge on any atom is 0.336 e. The molecular formula is C15H11NO2S3. The Morgan fingerprint density at radius 3 is 2.57 bits per heavy atom. The number of aromatic nitrogens is 1. The summed E-state index contributed by atoms with van der Waals surface area (Å²) in [5.74, 6) is -0.902. The third-order valence-electron chi connectivity index (χ3n) is 2.94. The molecule has 0 amide bonds. The van der Waals surface area contributed by atoms with E-state index in [9.17, 15) is 4.79 Å². The molecule has 0 spiro atoms. The highest BCUT2D eigenvalue weighted by molar-refractivity contribution is 7.98. The molecule has 0 atom stereocenters. The summed E-state index contributed by atoms with van der Waals surface area (Å²) in [6.07, 6.45) is 2.05. The van der Waals surface area contributed by atoms with Crippen molar-refractivity contribution in [3.63, 3.8) is 0 Å². The molecule has 0 saturated carbocycles. The Hall–Kier alpha value is -1.63. The molecule has 0 aliphatic heterocycles. The highest BCUT2D eigenvalue weighted by atomic mass is 32.2. The van der Waals surface area contributed by atoms with Crippen molar-refractivity contribution in [3.8, 4) is 21.1 Å². The van der Waals surface area contributed by atoms with Gasteiger partial charge in [-0.1, -0.05) is 12.1 Å². The Kier molecular flexibility index (Phi) is 4.10. The SMILES string of the molecule is CSc1ccc(-c2nc(-c3cc(C(=O)O)cs3)cs2)cc1. The summed E-state index contributed by atoms with van der Waals surface area (Å²) in [4.78, 5) is 17.6. The van der Waals surface area contributed by atoms with Gasteiger partial charge in [0.25, 0.3) is 0 Å². The second kappa shape index (κ2) is 6.01. The number of aromatic carboxylic acids is 1. The topological polar surface area (TPSA) is 50.2 Å². The summed E-state index contributed by atoms with van der Waals surface area (Å²) in [5.41, 5.74) is 2.23. The number of nitrogens with zero attached hydrogens (tertiary/aromatic N) is 1. The van der Waals surface area contributed by atoms with Crippen molar-refractivity contribution in [3.05, 3.63) is 46.7 Å². The largest absolute Gasteiger partial charge is 0.478 e. The van der Waals surface area contributed by atoms with E-state index >= 15 is 0 Å². The molecule has 0 unspecified atom stereocenters. The Labute approximate surface area is 134 Å². The second-order valence-corrected chi connectivity index (χ2v) is 6.92. The maximum absolute atomic E-state index is 10.9. The van der Waals surface area contributed by atoms with E-state index in [4.69, 9.17) is 5.11 Å². The molecule has 1 N–H and O–H groups in total. The number of carboxylic acid groups (broad SMARTS) is 1. The summed E-state index contributed by atoms with van der Waals surface area (Å²) in [6.45, 7) is 0. The van der Waals surface area contributed by atoms with Crippen LogP contribution in [0.1, 0.15) is 10.4 Å². The average molecular weight is 333 g/mol. The molecule has 0 aliphatic carbocycles. The highest BCUT2D eigenvalue weighted by Crippen LogP contribution is 2.32. The fourth-order valence-corrected chi connectivity index (χ4v) is 3.99. The van der Waals surface area contributed by atoms with Crippen molar-refractivity contribution in [2.24, 2.45) is 0 Å². The molecule has 3 rings (SSSR count). The number of thioether (sulfide) groups is 1. The fraction of sp³-hybridized carbons (Fsp3) is 0.0667. The van der Waals surface area contributed by atoms with Gasteiger partial charge in [0.05, 0.1) is 16.1 Å². The van der Waals surface area contributed by atoms with E-state index in [0.717, 1.165) is 21.1 Å². The molecule has 0 saturated heterocycles. The molecule has 0 radical (unpaired) electrons. The van der Waals surface area contributed by atoms with Crippen LogP contribution in [-0.4, -0.2) is 22.3 Å². The van der Waals surface area contributed by atoms with Gasteiger partial charge in [-0.3, -0.25) is 0 Å². The molecule has 1 aromatic carbocycles. The van der Waals surface area contributed by atoms with E-state index in [1.54, 1.807) is 34.5 Å². The van der Waals surface area contributed by atoms with Gasteiger partial charge in [0, 0.05) is 21.2 Å². The Bertz CT molecular complexity index is 774. The Morgan fingerprint density at radius 2 is 1.95 bits per heavy atom. The van der Waals surface area contributed by atoms with Crippen LogP contribution >= 0.6 is 34.4 Å². The number of benzene rings is 1. The number of hydrogen-bond donors (Lipinski definition) is 1. The molecule has 2 heterocycles. The number of carboxylic acids is 1. The first kappa shape index (κ1) is 14.3. The van der Waals surface area contributed by atoms with Crippen LogP contribution in [0.3, 0.4) is 0 Å². The molecule has 106 valence electrons. The van der Waals surface area contributed by atoms with E-state index in [2.05, 4.69) is 29.2 Å². The summed E-state index contributed by atoms with van der Waals surface area (Å²) in [6, 6.07) is 9.95. The predicted octanol–water partition coefficient (Wildman–Crippen LogP) is 4.96. The van der Waals surface area contributed by atoms with E-state index in [-0.39, 0.29) is 0 Å². The first-order chi connectivity index (χ1) is 10.2. The summed E-state index contributed by atoms with van der Waals surface area (Å²) < 4.78 is 0. The van der Waals surface area contributed by atoms with E-state index in [1.165, 1.54) is 16.2 Å². The van der Waals surface area contributed by atoms with Crippen LogP contribution < -0.4 is 0 Å². The van der Waals surface area contributed by atoms with Crippen molar-refractivity contribution >= 4 is 40.4 Å². The zero-order valence-corrected chi connectivity index (χ0v) is 13.5. The molecule has 3 nitrogen and oxygen atoms in total. The number of thiophene rings is 1. The van der Waals surface area contributed by atoms with Gasteiger partial charge >= 0.3 is 5.97 Å². The summed E-state index contributed by atoms with van der Waals surface area (Å²) >= 11 is 4.68. The minimum atomic E-state index is -0.902. The van der Waals surface area contributed by atoms with Crippen molar-refractivity contribution in [2.75, 3.05) is 6.26 Å². The predicted molar refractivity (Wildman–Crippen MR) is 89.6 cm³/mol. The van der Waals surface area contributed by atoms with Crippen molar-refractivity contribution in [1.29, 1.82) is 0 Å². The standard InChI is InChI=1S/C15H11NO2S3/c1-19-11-4-2-9(3-5-11)14-16-12(8-21-14)13-6-10(7-20-13)15(17)18/h2-8H,1H3,(H,17,18). The van der Waals surface area contributed by atoms with Gasteiger partial charge in [-0.25, -0.2) is 9.78 Å². The first-order valence-electron chi connectivity index (χ1n) is 6.09. The van der Waals surface area contributed by atoms with Crippen LogP contribution in [-0.2, 0) is 0 Å². The molecule has 2 aromatic heterocycles. The van der Waals surface area contributed by atoms with Crippen LogP contribution in [0.15, 0.2) is 46.0 Å². The van der Waals surface area contributed by atoms with Crippen LogP contribution in [0.2, 0.25) is 0 Å². The normalized spacial score (nSPS) is 10.7. The molecule has 21 heavy (non-hydrogen) atoms. The zero-order chi connectivity index (χ0) is 14.8. The van der Waals surface area contributed by atoms with Gasteiger partial charge in [-0.15, -0.1) is 34.4 Å². The first-order valence-corrected chi connectivity index (χ1v) is 9.08. The fourth-order valence-electron chi connectivity index (χ4n) is 1.84. The van der Waals surface area contributed by atoms with E-state index in [0.29, 0.717) is 5.56 Å². The second-order valence-electron chi connectivity index (χ2n) is 4.27. The molecule has 0 fully saturated rings. The van der Waals surface area contributed by atoms with Crippen LogP contribution in [0.4, 0.5) is 0 Å². The molecule has 6 heteroatoms. The smallest absolute Gasteiger partial charge is 0.336 e. The van der Waals surface area contributed by atoms with Crippen LogP contribution in [0.25, 0.3) is 21.1 Å².